The van der Waals surface area contributed by atoms with E-state index in [2.05, 4.69) is 20.6 Å². The molecule has 6 heteroatoms. The van der Waals surface area contributed by atoms with E-state index in [1.807, 2.05) is 0 Å². The Balaban J connectivity index is 1.91. The predicted molar refractivity (Wildman–Crippen MR) is 75.4 cm³/mol. The van der Waals surface area contributed by atoms with Gasteiger partial charge in [-0.2, -0.15) is 4.98 Å². The van der Waals surface area contributed by atoms with Crippen LogP contribution in [0.5, 0.6) is 11.6 Å². The van der Waals surface area contributed by atoms with Crippen molar-refractivity contribution in [2.24, 2.45) is 0 Å². The average molecular weight is 272 g/mol. The molecule has 3 N–H and O–H groups in total. The number of fused-ring (bicyclic) bond motifs is 1. The Morgan fingerprint density at radius 2 is 2.05 bits per heavy atom. The lowest BCUT2D eigenvalue weighted by atomic mass is 10.1. The number of nitrogens with zero attached hydrogens (tertiary/aromatic N) is 2. The normalized spacial score (nSPS) is 13.7. The predicted octanol–water partition coefficient (Wildman–Crippen LogP) is 1.58. The van der Waals surface area contributed by atoms with E-state index in [4.69, 9.17) is 4.74 Å². The van der Waals surface area contributed by atoms with Crippen LogP contribution < -0.4 is 15.4 Å². The molecule has 0 unspecified atom stereocenters. The van der Waals surface area contributed by atoms with Gasteiger partial charge in [-0.25, -0.2) is 4.98 Å². The van der Waals surface area contributed by atoms with Gasteiger partial charge >= 0.3 is 0 Å². The number of aromatic nitrogens is 2. The second kappa shape index (κ2) is 5.34. The lowest BCUT2D eigenvalue weighted by Crippen LogP contribution is -2.26. The largest absolute Gasteiger partial charge is 0.508 e. The van der Waals surface area contributed by atoms with Crippen LogP contribution in [-0.2, 0) is 13.0 Å². The summed E-state index contributed by atoms with van der Waals surface area (Å²) in [5.41, 5.74) is 2.85. The van der Waals surface area contributed by atoms with Crippen molar-refractivity contribution in [3.8, 4) is 11.6 Å². The summed E-state index contributed by atoms with van der Waals surface area (Å²) in [6, 6.07) is 6.75. The fourth-order valence-electron chi connectivity index (χ4n) is 2.22. The molecule has 2 aromatic rings. The quantitative estimate of drug-likeness (QED) is 0.736. The van der Waals surface area contributed by atoms with Gasteiger partial charge in [0.2, 0.25) is 11.8 Å². The average Bonchev–Trinajstić information content (AvgIpc) is 2.49. The van der Waals surface area contributed by atoms with E-state index in [1.165, 1.54) is 0 Å². The Morgan fingerprint density at radius 1 is 1.25 bits per heavy atom. The number of hydrogen-bond acceptors (Lipinski definition) is 6. The lowest BCUT2D eigenvalue weighted by molar-refractivity contribution is 0.387. The van der Waals surface area contributed by atoms with E-state index >= 15 is 0 Å². The third-order valence-corrected chi connectivity index (χ3v) is 3.22. The summed E-state index contributed by atoms with van der Waals surface area (Å²) in [6.45, 7) is 1.63. The molecule has 0 bridgehead atoms. The van der Waals surface area contributed by atoms with Crippen molar-refractivity contribution in [2.45, 2.75) is 13.0 Å². The van der Waals surface area contributed by atoms with Crippen molar-refractivity contribution in [1.82, 2.24) is 15.3 Å². The van der Waals surface area contributed by atoms with Crippen molar-refractivity contribution >= 4 is 11.6 Å². The van der Waals surface area contributed by atoms with E-state index in [0.717, 1.165) is 36.5 Å². The Kier molecular flexibility index (Phi) is 3.39. The highest BCUT2D eigenvalue weighted by molar-refractivity contribution is 5.55. The number of ether oxygens (including phenoxy) is 1. The molecule has 0 saturated heterocycles. The van der Waals surface area contributed by atoms with Crippen LogP contribution in [0.25, 0.3) is 0 Å². The lowest BCUT2D eigenvalue weighted by Gasteiger charge is -2.19. The zero-order chi connectivity index (χ0) is 13.9. The summed E-state index contributed by atoms with van der Waals surface area (Å²) in [4.78, 5) is 8.90. The van der Waals surface area contributed by atoms with Gasteiger partial charge in [0.15, 0.2) is 0 Å². The molecule has 0 saturated carbocycles. The molecule has 1 aliphatic rings. The maximum Gasteiger partial charge on any atom is 0.230 e. The molecular weight excluding hydrogens is 256 g/mol. The molecule has 2 heterocycles. The summed E-state index contributed by atoms with van der Waals surface area (Å²) in [5.74, 6) is 1.34. The number of phenols is 1. The van der Waals surface area contributed by atoms with E-state index in [1.54, 1.807) is 31.4 Å². The zero-order valence-corrected chi connectivity index (χ0v) is 11.2. The molecule has 0 fully saturated rings. The number of phenolic OH excluding ortho intramolecular Hbond substituents is 1. The third-order valence-electron chi connectivity index (χ3n) is 3.22. The molecule has 104 valence electrons. The van der Waals surface area contributed by atoms with Crippen molar-refractivity contribution < 1.29 is 9.84 Å². The number of hydrogen-bond donors (Lipinski definition) is 3. The number of rotatable bonds is 3. The number of methoxy groups -OCH3 is 1. The van der Waals surface area contributed by atoms with Crippen molar-refractivity contribution in [2.75, 3.05) is 19.0 Å². The summed E-state index contributed by atoms with van der Waals surface area (Å²) in [6.07, 6.45) is 0.873. The molecule has 0 aliphatic carbocycles. The molecule has 0 spiro atoms. The maximum atomic E-state index is 9.28. The van der Waals surface area contributed by atoms with Crippen LogP contribution in [-0.4, -0.2) is 28.7 Å². The maximum absolute atomic E-state index is 9.28. The van der Waals surface area contributed by atoms with Gasteiger partial charge < -0.3 is 20.5 Å². The number of aromatic hydroxyl groups is 1. The Morgan fingerprint density at radius 3 is 2.80 bits per heavy atom. The van der Waals surface area contributed by atoms with Crippen molar-refractivity contribution in [3.05, 3.63) is 35.5 Å². The van der Waals surface area contributed by atoms with E-state index < -0.39 is 0 Å². The molecule has 0 radical (unpaired) electrons. The molecule has 20 heavy (non-hydrogen) atoms. The Hall–Kier alpha value is -2.34. The minimum absolute atomic E-state index is 0.226. The highest BCUT2D eigenvalue weighted by atomic mass is 16.5. The highest BCUT2D eigenvalue weighted by Crippen LogP contribution is 2.25. The molecule has 1 aromatic carbocycles. The Bertz CT molecular complexity index is 596. The van der Waals surface area contributed by atoms with E-state index in [9.17, 15) is 5.11 Å². The number of benzene rings is 1. The van der Waals surface area contributed by atoms with Crippen molar-refractivity contribution in [3.63, 3.8) is 0 Å². The number of nitrogens with one attached hydrogen (secondary N) is 2. The first kappa shape index (κ1) is 12.7. The number of anilines is 2. The highest BCUT2D eigenvalue weighted by Gasteiger charge is 2.18. The molecule has 0 amide bonds. The van der Waals surface area contributed by atoms with Gasteiger partial charge in [0.25, 0.3) is 0 Å². The van der Waals surface area contributed by atoms with Gasteiger partial charge in [0, 0.05) is 17.8 Å². The smallest absolute Gasteiger partial charge is 0.230 e. The van der Waals surface area contributed by atoms with E-state index in [0.29, 0.717) is 11.8 Å². The van der Waals surface area contributed by atoms with Crippen LogP contribution >= 0.6 is 0 Å². The van der Waals surface area contributed by atoms with E-state index in [-0.39, 0.29) is 5.75 Å². The van der Waals surface area contributed by atoms with Gasteiger partial charge in [0.05, 0.1) is 12.8 Å². The fourth-order valence-corrected chi connectivity index (χ4v) is 2.22. The van der Waals surface area contributed by atoms with Crippen LogP contribution in [0.2, 0.25) is 0 Å². The monoisotopic (exact) mass is 272 g/mol. The first-order valence-corrected chi connectivity index (χ1v) is 6.47. The summed E-state index contributed by atoms with van der Waals surface area (Å²) in [7, 11) is 1.62. The molecule has 3 rings (SSSR count). The fraction of sp³-hybridized carbons (Fsp3) is 0.286. The Labute approximate surface area is 116 Å². The van der Waals surface area contributed by atoms with Crippen LogP contribution in [0.3, 0.4) is 0 Å². The molecule has 0 atom stereocenters. The van der Waals surface area contributed by atoms with Gasteiger partial charge in [-0.15, -0.1) is 0 Å². The van der Waals surface area contributed by atoms with Gasteiger partial charge in [-0.05, 0) is 37.2 Å². The second-order valence-electron chi connectivity index (χ2n) is 4.58. The molecule has 6 nitrogen and oxygen atoms in total. The first-order chi connectivity index (χ1) is 9.76. The van der Waals surface area contributed by atoms with Crippen LogP contribution in [0, 0.1) is 0 Å². The summed E-state index contributed by atoms with van der Waals surface area (Å²) >= 11 is 0. The first-order valence-electron chi connectivity index (χ1n) is 6.47. The SMILES string of the molecule is COc1nc(Nc2ccc(O)cc2)nc2c1CCNC2. The standard InChI is InChI=1S/C14H16N4O2/c1-20-13-11-6-7-15-8-12(11)17-14(18-13)16-9-2-4-10(19)5-3-9/h2-5,15,19H,6-8H2,1H3,(H,16,17,18). The second-order valence-corrected chi connectivity index (χ2v) is 4.58. The van der Waals surface area contributed by atoms with Gasteiger partial charge in [-0.1, -0.05) is 0 Å². The minimum atomic E-state index is 0.226. The molecule has 1 aromatic heterocycles. The molecule has 1 aliphatic heterocycles. The van der Waals surface area contributed by atoms with Gasteiger partial charge in [0.1, 0.15) is 5.75 Å². The van der Waals surface area contributed by atoms with Crippen LogP contribution in [0.4, 0.5) is 11.6 Å². The summed E-state index contributed by atoms with van der Waals surface area (Å²) in [5, 5.41) is 15.7. The molecular formula is C14H16N4O2. The minimum Gasteiger partial charge on any atom is -0.508 e. The zero-order valence-electron chi connectivity index (χ0n) is 11.2. The van der Waals surface area contributed by atoms with Crippen molar-refractivity contribution in [1.29, 1.82) is 0 Å². The summed E-state index contributed by atoms with van der Waals surface area (Å²) < 4.78 is 5.35. The van der Waals surface area contributed by atoms with Crippen LogP contribution in [0.1, 0.15) is 11.3 Å². The topological polar surface area (TPSA) is 79.3 Å². The van der Waals surface area contributed by atoms with Crippen LogP contribution in [0.15, 0.2) is 24.3 Å². The van der Waals surface area contributed by atoms with Gasteiger partial charge in [-0.3, -0.25) is 0 Å². The third kappa shape index (κ3) is 2.50.